The molecule has 0 radical (unpaired) electrons. The maximum Gasteiger partial charge on any atom is 0.222 e. The van der Waals surface area contributed by atoms with E-state index in [1.54, 1.807) is 7.11 Å². The Labute approximate surface area is 143 Å². The Balaban J connectivity index is 1.54. The number of amides is 1. The Hall–Kier alpha value is -1.59. The molecule has 2 aliphatic heterocycles. The van der Waals surface area contributed by atoms with Crippen LogP contribution in [0, 0.1) is 5.92 Å². The summed E-state index contributed by atoms with van der Waals surface area (Å²) in [5, 5.41) is 10.9. The van der Waals surface area contributed by atoms with Crippen molar-refractivity contribution in [1.82, 2.24) is 4.90 Å². The third-order valence-corrected chi connectivity index (χ3v) is 5.25. The number of hydrogen-bond acceptors (Lipinski definition) is 4. The highest BCUT2D eigenvalue weighted by molar-refractivity contribution is 5.76. The van der Waals surface area contributed by atoms with Crippen LogP contribution in [0.1, 0.15) is 31.2 Å². The summed E-state index contributed by atoms with van der Waals surface area (Å²) in [5.41, 5.74) is 0.257. The maximum atomic E-state index is 12.4. The van der Waals surface area contributed by atoms with E-state index in [4.69, 9.17) is 9.47 Å². The molecule has 0 bridgehead atoms. The fourth-order valence-corrected chi connectivity index (χ4v) is 3.67. The summed E-state index contributed by atoms with van der Waals surface area (Å²) in [4.78, 5) is 14.3. The number of piperidine rings is 1. The molecule has 0 aliphatic carbocycles. The van der Waals surface area contributed by atoms with E-state index in [0.29, 0.717) is 51.3 Å². The molecule has 1 aromatic rings. The van der Waals surface area contributed by atoms with Gasteiger partial charge >= 0.3 is 0 Å². The predicted octanol–water partition coefficient (Wildman–Crippen LogP) is 2.02. The third-order valence-electron chi connectivity index (χ3n) is 5.25. The molecule has 0 spiro atoms. The topological polar surface area (TPSA) is 59.0 Å². The van der Waals surface area contributed by atoms with Crippen molar-refractivity contribution in [2.24, 2.45) is 5.92 Å². The van der Waals surface area contributed by atoms with Crippen molar-refractivity contribution in [1.29, 1.82) is 0 Å². The van der Waals surface area contributed by atoms with Gasteiger partial charge in [0.1, 0.15) is 5.75 Å². The van der Waals surface area contributed by atoms with E-state index in [2.05, 4.69) is 0 Å². The van der Waals surface area contributed by atoms with Crippen molar-refractivity contribution in [3.8, 4) is 5.75 Å². The van der Waals surface area contributed by atoms with Crippen molar-refractivity contribution in [3.05, 3.63) is 29.8 Å². The van der Waals surface area contributed by atoms with Gasteiger partial charge in [0.25, 0.3) is 0 Å². The molecule has 2 aliphatic rings. The Morgan fingerprint density at radius 3 is 2.79 bits per heavy atom. The van der Waals surface area contributed by atoms with Crippen LogP contribution in [-0.4, -0.2) is 54.9 Å². The van der Waals surface area contributed by atoms with Crippen molar-refractivity contribution in [3.63, 3.8) is 0 Å². The zero-order chi connectivity index (χ0) is 17.0. The molecule has 1 amide bonds. The number of carbonyl (C=O) groups excluding carboxylic acids is 1. The first-order chi connectivity index (χ1) is 11.6. The number of carbonyl (C=O) groups is 1. The van der Waals surface area contributed by atoms with Gasteiger partial charge in [-0.15, -0.1) is 0 Å². The lowest BCUT2D eigenvalue weighted by Crippen LogP contribution is -2.48. The van der Waals surface area contributed by atoms with Gasteiger partial charge in [-0.3, -0.25) is 4.79 Å². The average Bonchev–Trinajstić information content (AvgIpc) is 3.08. The molecule has 3 rings (SSSR count). The summed E-state index contributed by atoms with van der Waals surface area (Å²) < 4.78 is 10.7. The highest BCUT2D eigenvalue weighted by Crippen LogP contribution is 2.30. The van der Waals surface area contributed by atoms with Crippen molar-refractivity contribution < 1.29 is 19.4 Å². The van der Waals surface area contributed by atoms with Crippen LogP contribution in [0.25, 0.3) is 0 Å². The number of aliphatic hydroxyl groups is 1. The standard InChI is InChI=1S/C19H27NO4/c1-23-17-5-3-2-4-16(17)13-19(22)7-9-20(10-8-19)18(21)12-15-6-11-24-14-15/h2-5,15,22H,6-14H2,1H3. The summed E-state index contributed by atoms with van der Waals surface area (Å²) in [6.07, 6.45) is 3.34. The Kier molecular flexibility index (Phi) is 5.41. The number of benzene rings is 1. The molecule has 1 aromatic carbocycles. The molecule has 2 saturated heterocycles. The van der Waals surface area contributed by atoms with Crippen molar-refractivity contribution in [2.45, 2.75) is 37.7 Å². The van der Waals surface area contributed by atoms with E-state index in [1.807, 2.05) is 29.2 Å². The number of likely N-dealkylation sites (tertiary alicyclic amines) is 1. The lowest BCUT2D eigenvalue weighted by molar-refractivity contribution is -0.136. The van der Waals surface area contributed by atoms with E-state index in [-0.39, 0.29) is 5.91 Å². The zero-order valence-electron chi connectivity index (χ0n) is 14.4. The minimum atomic E-state index is -0.762. The van der Waals surface area contributed by atoms with Crippen molar-refractivity contribution >= 4 is 5.91 Å². The van der Waals surface area contributed by atoms with Crippen LogP contribution in [0.5, 0.6) is 5.75 Å². The van der Waals surface area contributed by atoms with Crippen LogP contribution >= 0.6 is 0 Å². The van der Waals surface area contributed by atoms with Crippen LogP contribution in [-0.2, 0) is 16.0 Å². The normalized spacial score (nSPS) is 23.2. The lowest BCUT2D eigenvalue weighted by atomic mass is 9.85. The molecule has 1 atom stereocenters. The van der Waals surface area contributed by atoms with Crippen molar-refractivity contribution in [2.75, 3.05) is 33.4 Å². The molecule has 2 fully saturated rings. The molecule has 0 aromatic heterocycles. The fourth-order valence-electron chi connectivity index (χ4n) is 3.67. The Bertz CT molecular complexity index is 560. The van der Waals surface area contributed by atoms with Crippen LogP contribution in [0.4, 0.5) is 0 Å². The van der Waals surface area contributed by atoms with Gasteiger partial charge in [0.2, 0.25) is 5.91 Å². The van der Waals surface area contributed by atoms with Gasteiger partial charge in [-0.05, 0) is 36.8 Å². The highest BCUT2D eigenvalue weighted by Gasteiger charge is 2.35. The fraction of sp³-hybridized carbons (Fsp3) is 0.632. The second kappa shape index (κ2) is 7.53. The summed E-state index contributed by atoms with van der Waals surface area (Å²) >= 11 is 0. The first kappa shape index (κ1) is 17.2. The van der Waals surface area contributed by atoms with Gasteiger partial charge < -0.3 is 19.5 Å². The summed E-state index contributed by atoms with van der Waals surface area (Å²) in [5.74, 6) is 1.38. The second-order valence-corrected chi connectivity index (χ2v) is 7.03. The molecular formula is C19H27NO4. The van der Waals surface area contributed by atoms with Gasteiger partial charge in [-0.25, -0.2) is 0 Å². The SMILES string of the molecule is COc1ccccc1CC1(O)CCN(C(=O)CC2CCOC2)CC1. The predicted molar refractivity (Wildman–Crippen MR) is 91.0 cm³/mol. The Morgan fingerprint density at radius 2 is 2.12 bits per heavy atom. The quantitative estimate of drug-likeness (QED) is 0.896. The van der Waals surface area contributed by atoms with Gasteiger partial charge in [0, 0.05) is 39.1 Å². The summed E-state index contributed by atoms with van der Waals surface area (Å²) in [6, 6.07) is 7.80. The van der Waals surface area contributed by atoms with E-state index >= 15 is 0 Å². The zero-order valence-corrected chi connectivity index (χ0v) is 14.4. The number of para-hydroxylation sites is 1. The van der Waals surface area contributed by atoms with Gasteiger partial charge in [0.15, 0.2) is 0 Å². The molecule has 24 heavy (non-hydrogen) atoms. The smallest absolute Gasteiger partial charge is 0.222 e. The molecule has 1 N–H and O–H groups in total. The van der Waals surface area contributed by atoms with Crippen LogP contribution in [0.15, 0.2) is 24.3 Å². The van der Waals surface area contributed by atoms with Crippen LogP contribution in [0.2, 0.25) is 0 Å². The van der Waals surface area contributed by atoms with E-state index in [0.717, 1.165) is 24.3 Å². The molecule has 2 heterocycles. The summed E-state index contributed by atoms with van der Waals surface area (Å²) in [6.45, 7) is 2.73. The molecular weight excluding hydrogens is 306 g/mol. The van der Waals surface area contributed by atoms with Gasteiger partial charge in [0.05, 0.1) is 12.7 Å². The first-order valence-electron chi connectivity index (χ1n) is 8.79. The molecule has 0 saturated carbocycles. The van der Waals surface area contributed by atoms with Gasteiger partial charge in [-0.1, -0.05) is 18.2 Å². The van der Waals surface area contributed by atoms with Crippen LogP contribution < -0.4 is 4.74 Å². The monoisotopic (exact) mass is 333 g/mol. The number of ether oxygens (including phenoxy) is 2. The maximum absolute atomic E-state index is 12.4. The molecule has 132 valence electrons. The number of rotatable bonds is 5. The van der Waals surface area contributed by atoms with Gasteiger partial charge in [-0.2, -0.15) is 0 Å². The molecule has 5 heteroatoms. The van der Waals surface area contributed by atoms with E-state index in [9.17, 15) is 9.90 Å². The number of methoxy groups -OCH3 is 1. The number of hydrogen-bond donors (Lipinski definition) is 1. The van der Waals surface area contributed by atoms with E-state index < -0.39 is 5.60 Å². The third kappa shape index (κ3) is 4.08. The lowest BCUT2D eigenvalue weighted by Gasteiger charge is -2.38. The minimum absolute atomic E-state index is 0.199. The molecule has 1 unspecified atom stereocenters. The van der Waals surface area contributed by atoms with Crippen LogP contribution in [0.3, 0.4) is 0 Å². The average molecular weight is 333 g/mol. The summed E-state index contributed by atoms with van der Waals surface area (Å²) in [7, 11) is 1.65. The Morgan fingerprint density at radius 1 is 1.38 bits per heavy atom. The minimum Gasteiger partial charge on any atom is -0.496 e. The first-order valence-corrected chi connectivity index (χ1v) is 8.79. The number of nitrogens with zero attached hydrogens (tertiary/aromatic N) is 1. The highest BCUT2D eigenvalue weighted by atomic mass is 16.5. The second-order valence-electron chi connectivity index (χ2n) is 7.03. The van der Waals surface area contributed by atoms with E-state index in [1.165, 1.54) is 0 Å². The molecule has 5 nitrogen and oxygen atoms in total. The largest absolute Gasteiger partial charge is 0.496 e.